The first-order valence-corrected chi connectivity index (χ1v) is 21.2. The second-order valence-corrected chi connectivity index (χ2v) is 17.1. The number of fused-ring (bicyclic) bond motifs is 1. The summed E-state index contributed by atoms with van der Waals surface area (Å²) >= 11 is 0. The standard InChI is InChI=1S/C28H40N11O16P3/c1-31-18-22(34-27(29)36-24(18)41)33-17-10-38(8-14-6-4-3-5-7-14)9-15(52-17)11-50-56(43,44)54-58(47,48)55-57(45,46)51-12-16-20(40)21(49-2)26(53-16)39-13-32-19-23(39)35-28(30)37-25(19)42/h3-7,13,15-17,20-21,26,31,40H,8-12H2,1-2H3,(H,43,44)(H,45,46)(H,47,48)(H3,30,35,37,42)(H4,29,33,34,36,41)/p-3/t15-,16?,17?,20+,21+,26?/m0/s1. The molecule has 3 aromatic heterocycles. The summed E-state index contributed by atoms with van der Waals surface area (Å²) in [5.41, 5.74) is 10.8. The largest absolute Gasteiger partial charge is 0.756 e. The molecule has 2 saturated heterocycles. The van der Waals surface area contributed by atoms with Crippen LogP contribution in [0.1, 0.15) is 11.8 Å². The molecule has 0 amide bonds. The Bertz CT molecular complexity index is 2350. The van der Waals surface area contributed by atoms with E-state index in [9.17, 15) is 43.1 Å². The smallest absolute Gasteiger partial charge is 0.280 e. The van der Waals surface area contributed by atoms with E-state index < -0.39 is 84.7 Å². The van der Waals surface area contributed by atoms with Gasteiger partial charge in [0.25, 0.3) is 34.6 Å². The average Bonchev–Trinajstić information content (AvgIpc) is 3.69. The number of anilines is 4. The maximum atomic E-state index is 12.7. The number of nitrogens with zero attached hydrogens (tertiary/aromatic N) is 5. The number of nitrogens with two attached hydrogens (primary N) is 2. The van der Waals surface area contributed by atoms with Gasteiger partial charge in [0.2, 0.25) is 11.9 Å². The SMILES string of the molecule is CNc1c(NC2CN(Cc3ccccc3)C[C@@H](COP(=O)([O-])OP(=O)([O-])OP(=O)([O-])OCC3OC(n4cnc5c(=O)[nH]c(N)nc54)[C@H](OC)[C@@H]3O)O2)nc(N)[nH]c1=O. The van der Waals surface area contributed by atoms with E-state index in [4.69, 9.17) is 30.2 Å². The van der Waals surface area contributed by atoms with Crippen molar-refractivity contribution >= 4 is 58.0 Å². The van der Waals surface area contributed by atoms with Gasteiger partial charge < -0.3 is 65.1 Å². The Labute approximate surface area is 326 Å². The van der Waals surface area contributed by atoms with Gasteiger partial charge in [0.15, 0.2) is 23.2 Å². The first-order chi connectivity index (χ1) is 27.4. The minimum atomic E-state index is -6.29. The maximum absolute atomic E-state index is 12.7. The molecule has 6 unspecified atom stereocenters. The Balaban J connectivity index is 1.07. The molecule has 0 bridgehead atoms. The average molecular weight is 877 g/mol. The number of rotatable bonds is 17. The zero-order chi connectivity index (χ0) is 42.0. The van der Waals surface area contributed by atoms with Crippen LogP contribution in [0.2, 0.25) is 0 Å². The number of phosphoric acid groups is 3. The fourth-order valence-corrected chi connectivity index (χ4v) is 9.55. The van der Waals surface area contributed by atoms with Crippen LogP contribution < -0.4 is 47.9 Å². The second-order valence-electron chi connectivity index (χ2n) is 12.6. The van der Waals surface area contributed by atoms with Crippen molar-refractivity contribution in [3.63, 3.8) is 0 Å². The number of imidazole rings is 1. The van der Waals surface area contributed by atoms with Crippen molar-refractivity contribution in [3.05, 3.63) is 62.9 Å². The van der Waals surface area contributed by atoms with Crippen molar-refractivity contribution in [1.29, 1.82) is 0 Å². The number of nitrogens with one attached hydrogen (secondary N) is 4. The highest BCUT2D eigenvalue weighted by atomic mass is 31.3. The summed E-state index contributed by atoms with van der Waals surface area (Å²) < 4.78 is 73.1. The molecule has 0 aliphatic carbocycles. The van der Waals surface area contributed by atoms with Crippen LogP contribution in [0, 0.1) is 0 Å². The van der Waals surface area contributed by atoms with Gasteiger partial charge in [0.05, 0.1) is 25.6 Å². The van der Waals surface area contributed by atoms with Crippen LogP contribution in [0.5, 0.6) is 0 Å². The molecule has 2 fully saturated rings. The highest BCUT2D eigenvalue weighted by Gasteiger charge is 2.46. The zero-order valence-corrected chi connectivity index (χ0v) is 33.0. The molecular formula is C28H37N11O16P3-3. The predicted octanol–water partition coefficient (Wildman–Crippen LogP) is -2.51. The summed E-state index contributed by atoms with van der Waals surface area (Å²) in [6, 6.07) is 9.15. The monoisotopic (exact) mass is 876 g/mol. The first-order valence-electron chi connectivity index (χ1n) is 16.8. The van der Waals surface area contributed by atoms with Crippen LogP contribution >= 0.6 is 23.5 Å². The van der Waals surface area contributed by atoms with E-state index in [1.807, 2.05) is 35.2 Å². The summed E-state index contributed by atoms with van der Waals surface area (Å²) in [5, 5.41) is 16.4. The maximum Gasteiger partial charge on any atom is 0.280 e. The van der Waals surface area contributed by atoms with Gasteiger partial charge in [0, 0.05) is 33.8 Å². The van der Waals surface area contributed by atoms with E-state index in [2.05, 4.69) is 48.7 Å². The minimum absolute atomic E-state index is 0.0152. The molecule has 0 radical (unpaired) electrons. The van der Waals surface area contributed by atoms with Crippen LogP contribution in [-0.4, -0.2) is 111 Å². The lowest BCUT2D eigenvalue weighted by Gasteiger charge is -2.39. The van der Waals surface area contributed by atoms with Gasteiger partial charge in [-0.1, -0.05) is 30.3 Å². The van der Waals surface area contributed by atoms with Crippen LogP contribution in [0.4, 0.5) is 23.4 Å². The Morgan fingerprint density at radius 1 is 0.948 bits per heavy atom. The van der Waals surface area contributed by atoms with Crippen molar-refractivity contribution < 1.29 is 65.4 Å². The van der Waals surface area contributed by atoms with Gasteiger partial charge in [-0.05, 0) is 5.56 Å². The summed E-state index contributed by atoms with van der Waals surface area (Å²) in [7, 11) is -15.5. The number of hydrogen-bond donors (Lipinski definition) is 7. The lowest BCUT2D eigenvalue weighted by atomic mass is 10.1. The lowest BCUT2D eigenvalue weighted by Crippen LogP contribution is -2.51. The van der Waals surface area contributed by atoms with Crippen LogP contribution in [-0.2, 0) is 52.1 Å². The Kier molecular flexibility index (Phi) is 13.2. The molecule has 30 heteroatoms. The van der Waals surface area contributed by atoms with Crippen molar-refractivity contribution in [1.82, 2.24) is 34.4 Å². The number of aromatic nitrogens is 6. The molecule has 2 aliphatic heterocycles. The zero-order valence-electron chi connectivity index (χ0n) is 30.3. The molecule has 5 heterocycles. The molecule has 4 aromatic rings. The molecule has 58 heavy (non-hydrogen) atoms. The van der Waals surface area contributed by atoms with Crippen molar-refractivity contribution in [2.75, 3.05) is 62.6 Å². The highest BCUT2D eigenvalue weighted by molar-refractivity contribution is 7.65. The molecule has 9 N–H and O–H groups in total. The van der Waals surface area contributed by atoms with E-state index in [1.54, 1.807) is 0 Å². The number of methoxy groups -OCH3 is 1. The predicted molar refractivity (Wildman–Crippen MR) is 193 cm³/mol. The number of aromatic amines is 2. The van der Waals surface area contributed by atoms with Crippen molar-refractivity contribution in [2.45, 2.75) is 43.4 Å². The number of phosphoric ester groups is 2. The molecule has 2 aliphatic rings. The molecule has 9 atom stereocenters. The quantitative estimate of drug-likeness (QED) is 0.0539. The molecule has 0 saturated carbocycles. The second kappa shape index (κ2) is 17.6. The van der Waals surface area contributed by atoms with Gasteiger partial charge in [0.1, 0.15) is 30.2 Å². The highest BCUT2D eigenvalue weighted by Crippen LogP contribution is 2.63. The van der Waals surface area contributed by atoms with Crippen LogP contribution in [0.15, 0.2) is 46.2 Å². The topological polar surface area (TPSA) is 394 Å². The van der Waals surface area contributed by atoms with E-state index >= 15 is 0 Å². The molecule has 1 aromatic carbocycles. The molecule has 0 spiro atoms. The van der Waals surface area contributed by atoms with Gasteiger partial charge in [-0.2, -0.15) is 9.97 Å². The molecule has 318 valence electrons. The van der Waals surface area contributed by atoms with E-state index in [-0.39, 0.29) is 47.7 Å². The van der Waals surface area contributed by atoms with E-state index in [0.717, 1.165) is 11.9 Å². The number of ether oxygens (including phenoxy) is 3. The first kappa shape index (κ1) is 43.4. The van der Waals surface area contributed by atoms with Crippen LogP contribution in [0.3, 0.4) is 0 Å². The molecular weight excluding hydrogens is 839 g/mol. The number of aliphatic hydroxyl groups excluding tert-OH is 1. The van der Waals surface area contributed by atoms with Crippen molar-refractivity contribution in [2.24, 2.45) is 0 Å². The third-order valence-electron chi connectivity index (χ3n) is 8.50. The summed E-state index contributed by atoms with van der Waals surface area (Å²) in [6.07, 6.45) is -6.57. The third kappa shape index (κ3) is 10.5. The number of benzene rings is 1. The molecule has 6 rings (SSSR count). The minimum Gasteiger partial charge on any atom is -0.756 e. The van der Waals surface area contributed by atoms with Gasteiger partial charge in [-0.25, -0.2) is 13.6 Å². The Hall–Kier alpha value is -4.14. The number of nitrogen functional groups attached to an aromatic ring is 2. The van der Waals surface area contributed by atoms with Gasteiger partial charge in [-0.3, -0.25) is 42.7 Å². The van der Waals surface area contributed by atoms with Gasteiger partial charge >= 0.3 is 0 Å². The number of aliphatic hydroxyl groups is 1. The normalized spacial score (nSPS) is 25.8. The summed E-state index contributed by atoms with van der Waals surface area (Å²) in [6.45, 7) is -1.33. The van der Waals surface area contributed by atoms with Gasteiger partial charge in [-0.15, -0.1) is 0 Å². The number of H-pyrrole nitrogens is 2. The number of morpholine rings is 1. The van der Waals surface area contributed by atoms with Crippen molar-refractivity contribution in [3.8, 4) is 0 Å². The fourth-order valence-electron chi connectivity index (χ4n) is 6.15. The van der Waals surface area contributed by atoms with E-state index in [1.165, 1.54) is 18.7 Å². The summed E-state index contributed by atoms with van der Waals surface area (Å²) in [5.74, 6) is -0.453. The Morgan fingerprint density at radius 2 is 1.60 bits per heavy atom. The number of hydrogen-bond acceptors (Lipinski definition) is 24. The lowest BCUT2D eigenvalue weighted by molar-refractivity contribution is -0.253. The summed E-state index contributed by atoms with van der Waals surface area (Å²) in [4.78, 5) is 80.8. The molecule has 27 nitrogen and oxygen atoms in total. The Morgan fingerprint density at radius 3 is 2.28 bits per heavy atom. The fraction of sp³-hybridized carbons (Fsp3) is 0.464. The van der Waals surface area contributed by atoms with E-state index in [0.29, 0.717) is 6.54 Å². The van der Waals surface area contributed by atoms with Crippen LogP contribution in [0.25, 0.3) is 11.2 Å². The third-order valence-corrected chi connectivity index (χ3v) is 12.6.